The van der Waals surface area contributed by atoms with Crippen LogP contribution in [0.1, 0.15) is 48.9 Å². The molecule has 2 saturated heterocycles. The summed E-state index contributed by atoms with van der Waals surface area (Å²) >= 11 is 6.38. The van der Waals surface area contributed by atoms with E-state index in [1.54, 1.807) is 12.1 Å². The van der Waals surface area contributed by atoms with E-state index in [4.69, 9.17) is 16.3 Å². The van der Waals surface area contributed by atoms with Crippen molar-refractivity contribution in [1.82, 2.24) is 10.2 Å². The summed E-state index contributed by atoms with van der Waals surface area (Å²) in [4.78, 5) is 15.0. The van der Waals surface area contributed by atoms with Crippen molar-refractivity contribution in [2.24, 2.45) is 0 Å². The van der Waals surface area contributed by atoms with Crippen molar-refractivity contribution < 1.29 is 13.9 Å². The van der Waals surface area contributed by atoms with Gasteiger partial charge in [0.2, 0.25) is 0 Å². The lowest BCUT2D eigenvalue weighted by Gasteiger charge is -2.31. The zero-order valence-corrected chi connectivity index (χ0v) is 16.4. The smallest absolute Gasteiger partial charge is 0.318 e. The second-order valence-electron chi connectivity index (χ2n) is 7.40. The number of nitrogens with one attached hydrogen (secondary N) is 1. The molecule has 2 fully saturated rings. The van der Waals surface area contributed by atoms with Crippen molar-refractivity contribution >= 4 is 17.6 Å². The molecule has 3 atom stereocenters. The molecule has 28 heavy (non-hydrogen) atoms. The third-order valence-corrected chi connectivity index (χ3v) is 5.97. The van der Waals surface area contributed by atoms with Crippen molar-refractivity contribution in [3.63, 3.8) is 0 Å². The Kier molecular flexibility index (Phi) is 5.83. The van der Waals surface area contributed by atoms with E-state index in [0.29, 0.717) is 18.2 Å². The highest BCUT2D eigenvalue weighted by Gasteiger charge is 2.35. The Morgan fingerprint density at radius 3 is 2.64 bits per heavy atom. The van der Waals surface area contributed by atoms with E-state index in [1.807, 2.05) is 29.2 Å². The molecule has 0 radical (unpaired) electrons. The maximum atomic E-state index is 13.4. The summed E-state index contributed by atoms with van der Waals surface area (Å²) in [6.45, 7) is 1.37. The van der Waals surface area contributed by atoms with Gasteiger partial charge in [-0.25, -0.2) is 9.18 Å². The first-order chi connectivity index (χ1) is 13.6. The first-order valence-electron chi connectivity index (χ1n) is 9.82. The van der Waals surface area contributed by atoms with Crippen LogP contribution in [0.4, 0.5) is 9.18 Å². The minimum Gasteiger partial charge on any atom is -0.376 e. The fourth-order valence-electron chi connectivity index (χ4n) is 4.22. The van der Waals surface area contributed by atoms with Gasteiger partial charge in [0.15, 0.2) is 0 Å². The predicted octanol–water partition coefficient (Wildman–Crippen LogP) is 5.25. The summed E-state index contributed by atoms with van der Waals surface area (Å²) < 4.78 is 19.2. The Morgan fingerprint density at radius 2 is 1.93 bits per heavy atom. The van der Waals surface area contributed by atoms with Gasteiger partial charge >= 0.3 is 6.03 Å². The normalized spacial score (nSPS) is 23.0. The third-order valence-electron chi connectivity index (χ3n) is 5.62. The Morgan fingerprint density at radius 1 is 1.14 bits per heavy atom. The maximum Gasteiger partial charge on any atom is 0.318 e. The molecule has 2 amide bonds. The van der Waals surface area contributed by atoms with Gasteiger partial charge in [0.05, 0.1) is 18.2 Å². The number of benzene rings is 2. The summed E-state index contributed by atoms with van der Waals surface area (Å²) in [5.41, 5.74) is 1.84. The number of rotatable bonds is 4. The summed E-state index contributed by atoms with van der Waals surface area (Å²) in [5, 5.41) is 3.83. The molecule has 2 aromatic carbocycles. The number of hydrogen-bond donors (Lipinski definition) is 1. The van der Waals surface area contributed by atoms with Crippen LogP contribution < -0.4 is 5.32 Å². The Balaban J connectivity index is 1.55. The van der Waals surface area contributed by atoms with Crippen molar-refractivity contribution in [2.45, 2.75) is 43.9 Å². The van der Waals surface area contributed by atoms with Crippen LogP contribution in [0.2, 0.25) is 5.02 Å². The highest BCUT2D eigenvalue weighted by Crippen LogP contribution is 2.36. The predicted molar refractivity (Wildman–Crippen MR) is 107 cm³/mol. The lowest BCUT2D eigenvalue weighted by molar-refractivity contribution is 0.0775. The average Bonchev–Trinajstić information content (AvgIpc) is 3.39. The molecule has 6 heteroatoms. The van der Waals surface area contributed by atoms with E-state index in [2.05, 4.69) is 5.32 Å². The molecule has 0 aliphatic carbocycles. The van der Waals surface area contributed by atoms with Crippen LogP contribution in [-0.2, 0) is 4.74 Å². The van der Waals surface area contributed by atoms with Gasteiger partial charge < -0.3 is 15.0 Å². The quantitative estimate of drug-likeness (QED) is 0.759. The molecule has 2 aliphatic rings. The van der Waals surface area contributed by atoms with Crippen LogP contribution in [-0.4, -0.2) is 30.2 Å². The molecule has 2 heterocycles. The SMILES string of the molecule is O=C(N[C@H](c1ccc(F)cc1)[C@@H]1CCCO1)N1CCC[C@H]1c1ccccc1Cl. The van der Waals surface area contributed by atoms with Crippen molar-refractivity contribution in [2.75, 3.05) is 13.2 Å². The largest absolute Gasteiger partial charge is 0.376 e. The van der Waals surface area contributed by atoms with Crippen LogP contribution in [0.25, 0.3) is 0 Å². The third kappa shape index (κ3) is 4.01. The van der Waals surface area contributed by atoms with Crippen molar-refractivity contribution in [3.05, 3.63) is 70.5 Å². The van der Waals surface area contributed by atoms with Gasteiger partial charge in [0.25, 0.3) is 0 Å². The van der Waals surface area contributed by atoms with Crippen molar-refractivity contribution in [1.29, 1.82) is 0 Å². The molecule has 0 bridgehead atoms. The minimum absolute atomic E-state index is 0.0351. The first kappa shape index (κ1) is 19.2. The molecule has 4 nitrogen and oxygen atoms in total. The number of ether oxygens (including phenoxy) is 1. The average molecular weight is 403 g/mol. The molecule has 0 unspecified atom stereocenters. The van der Waals surface area contributed by atoms with Gasteiger partial charge in [-0.05, 0) is 55.0 Å². The topological polar surface area (TPSA) is 41.6 Å². The molecule has 2 aliphatic heterocycles. The maximum absolute atomic E-state index is 13.4. The van der Waals surface area contributed by atoms with E-state index >= 15 is 0 Å². The summed E-state index contributed by atoms with van der Waals surface area (Å²) in [6.07, 6.45) is 3.55. The van der Waals surface area contributed by atoms with E-state index < -0.39 is 0 Å². The van der Waals surface area contributed by atoms with Crippen LogP contribution in [0.15, 0.2) is 48.5 Å². The Bertz CT molecular complexity index is 824. The fraction of sp³-hybridized carbons (Fsp3) is 0.409. The monoisotopic (exact) mass is 402 g/mol. The molecule has 0 saturated carbocycles. The summed E-state index contributed by atoms with van der Waals surface area (Å²) in [6, 6.07) is 13.5. The number of halogens is 2. The number of carbonyl (C=O) groups is 1. The highest BCUT2D eigenvalue weighted by molar-refractivity contribution is 6.31. The van der Waals surface area contributed by atoms with Crippen LogP contribution in [0, 0.1) is 5.82 Å². The molecular weight excluding hydrogens is 379 g/mol. The zero-order chi connectivity index (χ0) is 19.5. The van der Waals surface area contributed by atoms with Crippen LogP contribution >= 0.6 is 11.6 Å². The van der Waals surface area contributed by atoms with Gasteiger partial charge in [-0.3, -0.25) is 0 Å². The van der Waals surface area contributed by atoms with E-state index in [-0.39, 0.29) is 30.0 Å². The van der Waals surface area contributed by atoms with Gasteiger partial charge in [0.1, 0.15) is 5.82 Å². The van der Waals surface area contributed by atoms with Gasteiger partial charge in [-0.2, -0.15) is 0 Å². The molecule has 148 valence electrons. The number of urea groups is 1. The standard InChI is InChI=1S/C22H24ClFN2O2/c23-18-6-2-1-5-17(18)19-7-3-13-26(19)22(27)25-21(20-8-4-14-28-20)15-9-11-16(24)12-10-15/h1-2,5-6,9-12,19-21H,3-4,7-8,13-14H2,(H,25,27)/t19-,20-,21+/m0/s1. The molecule has 0 spiro atoms. The van der Waals surface area contributed by atoms with Gasteiger partial charge in [0, 0.05) is 18.2 Å². The Hall–Kier alpha value is -2.11. The molecule has 4 rings (SSSR count). The van der Waals surface area contributed by atoms with E-state index in [0.717, 1.165) is 36.8 Å². The fourth-order valence-corrected chi connectivity index (χ4v) is 4.48. The van der Waals surface area contributed by atoms with Gasteiger partial charge in [-0.15, -0.1) is 0 Å². The Labute approximate surface area is 169 Å². The summed E-state index contributed by atoms with van der Waals surface area (Å²) in [7, 11) is 0. The molecule has 2 aromatic rings. The van der Waals surface area contributed by atoms with Gasteiger partial charge in [-0.1, -0.05) is 41.9 Å². The molecule has 1 N–H and O–H groups in total. The minimum atomic E-state index is -0.303. The van der Waals surface area contributed by atoms with Crippen LogP contribution in [0.5, 0.6) is 0 Å². The first-order valence-corrected chi connectivity index (χ1v) is 10.2. The van der Waals surface area contributed by atoms with Crippen molar-refractivity contribution in [3.8, 4) is 0 Å². The number of amides is 2. The van der Waals surface area contributed by atoms with E-state index in [9.17, 15) is 9.18 Å². The highest BCUT2D eigenvalue weighted by atomic mass is 35.5. The number of carbonyl (C=O) groups excluding carboxylic acids is 1. The second kappa shape index (κ2) is 8.50. The zero-order valence-electron chi connectivity index (χ0n) is 15.6. The summed E-state index contributed by atoms with van der Waals surface area (Å²) in [5.74, 6) is -0.292. The van der Waals surface area contributed by atoms with Crippen LogP contribution in [0.3, 0.4) is 0 Å². The lowest BCUT2D eigenvalue weighted by atomic mass is 9.99. The number of nitrogens with zero attached hydrogens (tertiary/aromatic N) is 1. The molecule has 0 aromatic heterocycles. The lowest BCUT2D eigenvalue weighted by Crippen LogP contribution is -2.44. The second-order valence-corrected chi connectivity index (χ2v) is 7.81. The molecular formula is C22H24ClFN2O2. The number of likely N-dealkylation sites (tertiary alicyclic amines) is 1. The van der Waals surface area contributed by atoms with E-state index in [1.165, 1.54) is 12.1 Å². The number of hydrogen-bond acceptors (Lipinski definition) is 2.